The van der Waals surface area contributed by atoms with Crippen molar-refractivity contribution in [3.05, 3.63) is 41.6 Å². The van der Waals surface area contributed by atoms with Crippen LogP contribution >= 0.6 is 0 Å². The van der Waals surface area contributed by atoms with Gasteiger partial charge in [-0.05, 0) is 74.8 Å². The van der Waals surface area contributed by atoms with Gasteiger partial charge in [-0.2, -0.15) is 0 Å². The molecule has 4 aromatic rings. The molecule has 44 heavy (non-hydrogen) atoms. The molecular formula is C33H39N7O4. The first-order valence-corrected chi connectivity index (χ1v) is 15.8. The Morgan fingerprint density at radius 1 is 1.14 bits per heavy atom. The smallest absolute Gasteiger partial charge is 0.254 e. The van der Waals surface area contributed by atoms with Gasteiger partial charge in [-0.3, -0.25) is 9.59 Å². The Morgan fingerprint density at radius 2 is 2.00 bits per heavy atom. The largest absolute Gasteiger partial charge is 0.494 e. The molecule has 0 radical (unpaired) electrons. The third-order valence-electron chi connectivity index (χ3n) is 10.3. The molecule has 3 fully saturated rings. The number of aromatic nitrogens is 4. The van der Waals surface area contributed by atoms with Gasteiger partial charge in [0, 0.05) is 55.7 Å². The van der Waals surface area contributed by atoms with Crippen molar-refractivity contribution in [2.45, 2.75) is 69.7 Å². The molecule has 0 unspecified atom stereocenters. The minimum atomic E-state index is -0.230. The maximum absolute atomic E-state index is 13.8. The molecule has 1 aliphatic carbocycles. The average Bonchev–Trinajstić information content (AvgIpc) is 3.27. The molecule has 4 aliphatic rings. The van der Waals surface area contributed by atoms with Crippen LogP contribution in [0.4, 0.5) is 0 Å². The normalized spacial score (nSPS) is 28.4. The fourth-order valence-electron chi connectivity index (χ4n) is 7.83. The molecule has 3 N–H and O–H groups in total. The Hall–Kier alpha value is -3.96. The molecule has 230 valence electrons. The maximum atomic E-state index is 13.8. The first-order chi connectivity index (χ1) is 21.3. The van der Waals surface area contributed by atoms with Crippen LogP contribution in [0.1, 0.15) is 61.1 Å². The van der Waals surface area contributed by atoms with Crippen molar-refractivity contribution in [3.8, 4) is 17.3 Å². The lowest BCUT2D eigenvalue weighted by atomic mass is 9.97. The number of nitrogens with one attached hydrogen (secondary N) is 1. The van der Waals surface area contributed by atoms with Gasteiger partial charge >= 0.3 is 0 Å². The highest BCUT2D eigenvalue weighted by molar-refractivity contribution is 6.00. The van der Waals surface area contributed by atoms with E-state index in [-0.39, 0.29) is 36.0 Å². The van der Waals surface area contributed by atoms with Crippen LogP contribution in [0.2, 0.25) is 0 Å². The van der Waals surface area contributed by atoms with E-state index in [9.17, 15) is 9.59 Å². The number of fused-ring (bicyclic) bond motifs is 5. The van der Waals surface area contributed by atoms with Gasteiger partial charge in [0.1, 0.15) is 16.9 Å². The quantitative estimate of drug-likeness (QED) is 0.370. The minimum absolute atomic E-state index is 0.0000552. The molecule has 3 aliphatic heterocycles. The summed E-state index contributed by atoms with van der Waals surface area (Å²) in [5.41, 5.74) is 11.1. The molecule has 8 rings (SSSR count). The van der Waals surface area contributed by atoms with Gasteiger partial charge in [0.15, 0.2) is 5.82 Å². The average molecular weight is 598 g/mol. The molecule has 0 spiro atoms. The van der Waals surface area contributed by atoms with Gasteiger partial charge in [0.05, 0.1) is 36.7 Å². The summed E-state index contributed by atoms with van der Waals surface area (Å²) < 4.78 is 16.1. The van der Waals surface area contributed by atoms with Gasteiger partial charge in [0.25, 0.3) is 5.91 Å². The van der Waals surface area contributed by atoms with E-state index in [1.807, 2.05) is 37.1 Å². The molecule has 6 heterocycles. The van der Waals surface area contributed by atoms with Gasteiger partial charge in [-0.15, -0.1) is 0 Å². The number of pyridine rings is 1. The number of aryl methyl sites for hydroxylation is 1. The van der Waals surface area contributed by atoms with E-state index >= 15 is 0 Å². The third kappa shape index (κ3) is 4.39. The molecule has 4 bridgehead atoms. The lowest BCUT2D eigenvalue weighted by Crippen LogP contribution is -2.40. The second-order valence-corrected chi connectivity index (χ2v) is 13.1. The Labute approximate surface area is 255 Å². The molecule has 6 atom stereocenters. The van der Waals surface area contributed by atoms with E-state index in [2.05, 4.69) is 26.6 Å². The number of rotatable bonds is 3. The number of nitrogens with zero attached hydrogens (tertiary/aromatic N) is 5. The summed E-state index contributed by atoms with van der Waals surface area (Å²) in [6.07, 6.45) is 4.26. The Morgan fingerprint density at radius 3 is 2.77 bits per heavy atom. The van der Waals surface area contributed by atoms with E-state index in [4.69, 9.17) is 25.2 Å². The van der Waals surface area contributed by atoms with Crippen molar-refractivity contribution in [1.29, 1.82) is 0 Å². The zero-order chi connectivity index (χ0) is 30.3. The maximum Gasteiger partial charge on any atom is 0.254 e. The molecule has 2 saturated heterocycles. The minimum Gasteiger partial charge on any atom is -0.494 e. The molecule has 1 aromatic carbocycles. The van der Waals surface area contributed by atoms with Crippen LogP contribution in [0.3, 0.4) is 0 Å². The van der Waals surface area contributed by atoms with E-state index in [1.165, 1.54) is 0 Å². The zero-order valence-corrected chi connectivity index (χ0v) is 25.5. The van der Waals surface area contributed by atoms with Crippen LogP contribution < -0.4 is 15.8 Å². The van der Waals surface area contributed by atoms with Crippen LogP contribution in [-0.2, 0) is 23.1 Å². The van der Waals surface area contributed by atoms with Crippen molar-refractivity contribution >= 4 is 33.9 Å². The molecule has 2 amide bonds. The summed E-state index contributed by atoms with van der Waals surface area (Å²) in [5, 5.41) is 4.07. The second-order valence-electron chi connectivity index (χ2n) is 13.1. The summed E-state index contributed by atoms with van der Waals surface area (Å²) in [6, 6.07) is 10.1. The summed E-state index contributed by atoms with van der Waals surface area (Å²) >= 11 is 0. The number of hydrogen-bond acceptors (Lipinski definition) is 7. The van der Waals surface area contributed by atoms with Crippen molar-refractivity contribution < 1.29 is 19.1 Å². The lowest BCUT2D eigenvalue weighted by molar-refractivity contribution is -0.122. The number of methoxy groups -OCH3 is 1. The SMILES string of the molecule is COc1cc(C(=O)N2[C@H]3CC[C@@H]2[C@H](N)C3)cc2nc(-c3cc4ccc5nc4n3C[C@H]3C[C@H]3COCCC(=O)N[C@@H]5C)n(C)c12. The van der Waals surface area contributed by atoms with E-state index in [0.717, 1.165) is 66.0 Å². The summed E-state index contributed by atoms with van der Waals surface area (Å²) in [7, 11) is 3.63. The fraction of sp³-hybridized carbons (Fsp3) is 0.515. The van der Waals surface area contributed by atoms with Crippen molar-refractivity contribution in [1.82, 2.24) is 29.3 Å². The molecule has 11 heteroatoms. The molecular weight excluding hydrogens is 558 g/mol. The molecule has 3 aromatic heterocycles. The van der Waals surface area contributed by atoms with Crippen molar-refractivity contribution in [2.24, 2.45) is 24.6 Å². The van der Waals surface area contributed by atoms with Crippen molar-refractivity contribution in [2.75, 3.05) is 20.3 Å². The van der Waals surface area contributed by atoms with Crippen LogP contribution in [-0.4, -0.2) is 74.3 Å². The first-order valence-electron chi connectivity index (χ1n) is 15.8. The second kappa shape index (κ2) is 10.3. The number of amides is 2. The van der Waals surface area contributed by atoms with Gasteiger partial charge < -0.3 is 34.6 Å². The highest BCUT2D eigenvalue weighted by Crippen LogP contribution is 2.43. The van der Waals surface area contributed by atoms with Crippen molar-refractivity contribution in [3.63, 3.8) is 0 Å². The van der Waals surface area contributed by atoms with Crippen LogP contribution in [0.5, 0.6) is 5.75 Å². The lowest BCUT2D eigenvalue weighted by Gasteiger charge is -2.23. The predicted molar refractivity (Wildman–Crippen MR) is 165 cm³/mol. The number of carbonyl (C=O) groups is 2. The Kier molecular flexibility index (Phi) is 6.46. The Bertz CT molecular complexity index is 1810. The van der Waals surface area contributed by atoms with E-state index in [0.29, 0.717) is 48.3 Å². The molecule has 1 saturated carbocycles. The van der Waals surface area contributed by atoms with Crippen LogP contribution in [0, 0.1) is 11.8 Å². The number of imidazole rings is 1. The summed E-state index contributed by atoms with van der Waals surface area (Å²) in [4.78, 5) is 38.5. The highest BCUT2D eigenvalue weighted by Gasteiger charge is 2.47. The summed E-state index contributed by atoms with van der Waals surface area (Å²) in [6.45, 7) is 3.84. The molecule has 11 nitrogen and oxygen atoms in total. The first kappa shape index (κ1) is 27.6. The fourth-order valence-corrected chi connectivity index (χ4v) is 7.83. The number of ether oxygens (including phenoxy) is 2. The highest BCUT2D eigenvalue weighted by atomic mass is 16.5. The van der Waals surface area contributed by atoms with Gasteiger partial charge in [-0.1, -0.05) is 0 Å². The number of nitrogens with two attached hydrogens (primary N) is 1. The monoisotopic (exact) mass is 597 g/mol. The number of benzene rings is 1. The third-order valence-corrected chi connectivity index (χ3v) is 10.3. The van der Waals surface area contributed by atoms with Crippen LogP contribution in [0.15, 0.2) is 30.3 Å². The zero-order valence-electron chi connectivity index (χ0n) is 25.5. The topological polar surface area (TPSA) is 130 Å². The van der Waals surface area contributed by atoms with E-state index in [1.54, 1.807) is 7.11 Å². The van der Waals surface area contributed by atoms with E-state index < -0.39 is 0 Å². The summed E-state index contributed by atoms with van der Waals surface area (Å²) in [5.74, 6) is 2.27. The Balaban J connectivity index is 1.23. The predicted octanol–water partition coefficient (Wildman–Crippen LogP) is 3.54. The van der Waals surface area contributed by atoms with Gasteiger partial charge in [-0.25, -0.2) is 9.97 Å². The van der Waals surface area contributed by atoms with Gasteiger partial charge in [0.2, 0.25) is 5.91 Å². The van der Waals surface area contributed by atoms with Crippen LogP contribution in [0.25, 0.3) is 33.6 Å². The standard InChI is InChI=1S/C33H39N7O4/c1-17-24-6-4-18-12-27(39(31(18)36-24)15-20-10-21(20)16-44-9-8-29(41)35-17)32-37-25-11-19(13-28(43-3)30(25)38(32)2)33(42)40-22-5-7-26(40)23(34)14-22/h4,6,11-13,17,20-23,26H,5,7-10,14-16,34H2,1-3H3,(H,35,41)/t17-,20-,21+,22+,23-,26-/m1/s1. The number of hydrogen-bond donors (Lipinski definition) is 2. The number of carbonyl (C=O) groups excluding carboxylic acids is 2.